The minimum Gasteiger partial charge on any atom is -0.452 e. The van der Waals surface area contributed by atoms with E-state index in [1.807, 2.05) is 0 Å². The van der Waals surface area contributed by atoms with E-state index in [0.717, 1.165) is 5.56 Å². The van der Waals surface area contributed by atoms with Crippen LogP contribution in [0.15, 0.2) is 42.5 Å². The molecular weight excluding hydrogens is 360 g/mol. The van der Waals surface area contributed by atoms with Crippen molar-refractivity contribution >= 4 is 29.2 Å². The second-order valence-electron chi connectivity index (χ2n) is 5.59. The number of halogens is 1. The zero-order valence-corrected chi connectivity index (χ0v) is 14.9. The summed E-state index contributed by atoms with van der Waals surface area (Å²) in [5.41, 5.74) is 0.790. The molecule has 0 heterocycles. The number of nitro groups is 1. The van der Waals surface area contributed by atoms with Crippen molar-refractivity contribution in [3.8, 4) is 0 Å². The maximum Gasteiger partial charge on any atom is 0.339 e. The highest BCUT2D eigenvalue weighted by Gasteiger charge is 2.20. The van der Waals surface area contributed by atoms with E-state index in [-0.39, 0.29) is 22.9 Å². The molecule has 2 aromatic carbocycles. The van der Waals surface area contributed by atoms with Crippen LogP contribution in [-0.2, 0) is 9.53 Å². The molecule has 136 valence electrons. The molecule has 1 atom stereocenters. The Bertz CT molecular complexity index is 853. The maximum absolute atomic E-state index is 12.1. The number of amides is 1. The first-order valence-corrected chi connectivity index (χ1v) is 8.14. The van der Waals surface area contributed by atoms with Crippen LogP contribution in [0.4, 0.5) is 5.69 Å². The number of carbonyl (C=O) groups is 2. The highest BCUT2D eigenvalue weighted by atomic mass is 35.5. The molecule has 26 heavy (non-hydrogen) atoms. The molecule has 1 amide bonds. The van der Waals surface area contributed by atoms with Gasteiger partial charge in [0.05, 0.1) is 16.5 Å². The zero-order valence-electron chi connectivity index (χ0n) is 14.2. The van der Waals surface area contributed by atoms with Gasteiger partial charge in [-0.15, -0.1) is 0 Å². The quantitative estimate of drug-likeness (QED) is 0.472. The smallest absolute Gasteiger partial charge is 0.339 e. The molecule has 0 aliphatic rings. The second kappa shape index (κ2) is 8.44. The lowest BCUT2D eigenvalue weighted by Gasteiger charge is -2.15. The fraction of sp³-hybridized carbons (Fsp3) is 0.222. The van der Waals surface area contributed by atoms with Crippen molar-refractivity contribution in [2.75, 3.05) is 6.61 Å². The van der Waals surface area contributed by atoms with Gasteiger partial charge in [0.2, 0.25) is 0 Å². The largest absolute Gasteiger partial charge is 0.452 e. The molecular formula is C18H17ClN2O5. The minimum atomic E-state index is -0.799. The average Bonchev–Trinajstić information content (AvgIpc) is 2.59. The van der Waals surface area contributed by atoms with Gasteiger partial charge in [-0.1, -0.05) is 35.9 Å². The van der Waals surface area contributed by atoms with Crippen LogP contribution in [0.25, 0.3) is 0 Å². The Balaban J connectivity index is 1.97. The van der Waals surface area contributed by atoms with E-state index in [4.69, 9.17) is 16.3 Å². The van der Waals surface area contributed by atoms with Gasteiger partial charge < -0.3 is 10.1 Å². The first-order valence-electron chi connectivity index (χ1n) is 7.76. The number of esters is 1. The number of nitro benzene ring substituents is 1. The van der Waals surface area contributed by atoms with E-state index in [0.29, 0.717) is 5.02 Å². The van der Waals surface area contributed by atoms with Crippen LogP contribution < -0.4 is 5.32 Å². The van der Waals surface area contributed by atoms with Gasteiger partial charge in [0, 0.05) is 16.7 Å². The molecule has 7 nitrogen and oxygen atoms in total. The van der Waals surface area contributed by atoms with Crippen LogP contribution in [0.2, 0.25) is 5.02 Å². The highest BCUT2D eigenvalue weighted by molar-refractivity contribution is 6.31. The third kappa shape index (κ3) is 4.58. The van der Waals surface area contributed by atoms with Gasteiger partial charge in [0.15, 0.2) is 6.61 Å². The second-order valence-corrected chi connectivity index (χ2v) is 6.00. The first-order chi connectivity index (χ1) is 12.3. The molecule has 8 heteroatoms. The van der Waals surface area contributed by atoms with Gasteiger partial charge in [0.25, 0.3) is 11.6 Å². The van der Waals surface area contributed by atoms with E-state index in [1.54, 1.807) is 31.2 Å². The lowest BCUT2D eigenvalue weighted by atomic mass is 10.1. The van der Waals surface area contributed by atoms with Crippen molar-refractivity contribution in [1.82, 2.24) is 5.32 Å². The molecule has 0 unspecified atom stereocenters. The van der Waals surface area contributed by atoms with E-state index in [9.17, 15) is 19.7 Å². The molecule has 0 saturated carbocycles. The molecule has 0 bridgehead atoms. The number of nitrogens with zero attached hydrogens (tertiary/aromatic N) is 1. The molecule has 0 aliphatic heterocycles. The lowest BCUT2D eigenvalue weighted by molar-refractivity contribution is -0.385. The number of hydrogen-bond donors (Lipinski definition) is 1. The number of carbonyl (C=O) groups excluding carboxylic acids is 2. The summed E-state index contributed by atoms with van der Waals surface area (Å²) in [5.74, 6) is -1.30. The maximum atomic E-state index is 12.1. The summed E-state index contributed by atoms with van der Waals surface area (Å²) < 4.78 is 4.97. The number of nitrogens with one attached hydrogen (secondary N) is 1. The molecule has 2 aromatic rings. The molecule has 0 spiro atoms. The van der Waals surface area contributed by atoms with Gasteiger partial charge in [-0.05, 0) is 31.5 Å². The minimum absolute atomic E-state index is 0.0474. The predicted molar refractivity (Wildman–Crippen MR) is 96.1 cm³/mol. The zero-order chi connectivity index (χ0) is 19.3. The topological polar surface area (TPSA) is 98.5 Å². The Hall–Kier alpha value is -2.93. The Morgan fingerprint density at radius 1 is 1.23 bits per heavy atom. The van der Waals surface area contributed by atoms with E-state index < -0.39 is 23.4 Å². The fourth-order valence-electron chi connectivity index (χ4n) is 2.44. The van der Waals surface area contributed by atoms with Gasteiger partial charge >= 0.3 is 5.97 Å². The Kier molecular flexibility index (Phi) is 6.30. The van der Waals surface area contributed by atoms with Gasteiger partial charge in [-0.25, -0.2) is 4.79 Å². The summed E-state index contributed by atoms with van der Waals surface area (Å²) in [5, 5.41) is 14.1. The third-order valence-electron chi connectivity index (χ3n) is 3.81. The lowest BCUT2D eigenvalue weighted by Crippen LogP contribution is -2.31. The molecule has 0 aliphatic carbocycles. The number of hydrogen-bond acceptors (Lipinski definition) is 5. The number of benzene rings is 2. The van der Waals surface area contributed by atoms with Crippen molar-refractivity contribution in [1.29, 1.82) is 0 Å². The molecule has 2 rings (SSSR count). The van der Waals surface area contributed by atoms with Crippen LogP contribution >= 0.6 is 11.6 Å². The summed E-state index contributed by atoms with van der Waals surface area (Å²) in [6, 6.07) is 10.8. The van der Waals surface area contributed by atoms with Crippen molar-refractivity contribution in [3.63, 3.8) is 0 Å². The van der Waals surface area contributed by atoms with Crippen molar-refractivity contribution in [2.45, 2.75) is 19.9 Å². The van der Waals surface area contributed by atoms with E-state index in [2.05, 4.69) is 5.32 Å². The fourth-order valence-corrected chi connectivity index (χ4v) is 2.74. The van der Waals surface area contributed by atoms with Crippen molar-refractivity contribution < 1.29 is 19.2 Å². The standard InChI is InChI=1S/C18H17ClN2O5/c1-11-13(7-5-9-16(11)21(24)25)18(23)26-10-17(22)20-12(2)14-6-3-4-8-15(14)19/h3-9,12H,10H2,1-2H3,(H,20,22)/t12-/m0/s1. The average molecular weight is 377 g/mol. The first kappa shape index (κ1) is 19.4. The Morgan fingerprint density at radius 2 is 1.92 bits per heavy atom. The van der Waals surface area contributed by atoms with Crippen LogP contribution in [0.3, 0.4) is 0 Å². The van der Waals surface area contributed by atoms with Crippen LogP contribution in [0.1, 0.15) is 34.5 Å². The Labute approximate surface area is 155 Å². The number of ether oxygens (including phenoxy) is 1. The highest BCUT2D eigenvalue weighted by Crippen LogP contribution is 2.23. The SMILES string of the molecule is Cc1c(C(=O)OCC(=O)N[C@@H](C)c2ccccc2Cl)cccc1[N+](=O)[O-]. The summed E-state index contributed by atoms with van der Waals surface area (Å²) >= 11 is 6.08. The van der Waals surface area contributed by atoms with E-state index in [1.165, 1.54) is 25.1 Å². The van der Waals surface area contributed by atoms with Crippen LogP contribution in [0.5, 0.6) is 0 Å². The monoisotopic (exact) mass is 376 g/mol. The van der Waals surface area contributed by atoms with Gasteiger partial charge in [-0.3, -0.25) is 14.9 Å². The number of rotatable bonds is 6. The summed E-state index contributed by atoms with van der Waals surface area (Å²) in [6.45, 7) is 2.70. The Morgan fingerprint density at radius 3 is 2.58 bits per heavy atom. The third-order valence-corrected chi connectivity index (χ3v) is 4.15. The summed E-state index contributed by atoms with van der Waals surface area (Å²) in [7, 11) is 0. The van der Waals surface area contributed by atoms with Crippen LogP contribution in [0, 0.1) is 17.0 Å². The van der Waals surface area contributed by atoms with Gasteiger partial charge in [-0.2, -0.15) is 0 Å². The summed E-state index contributed by atoms with van der Waals surface area (Å²) in [4.78, 5) is 34.4. The van der Waals surface area contributed by atoms with Crippen molar-refractivity contribution in [2.24, 2.45) is 0 Å². The van der Waals surface area contributed by atoms with E-state index >= 15 is 0 Å². The molecule has 0 fully saturated rings. The predicted octanol–water partition coefficient (Wildman–Crippen LogP) is 3.59. The molecule has 1 N–H and O–H groups in total. The van der Waals surface area contributed by atoms with Crippen LogP contribution in [-0.4, -0.2) is 23.4 Å². The van der Waals surface area contributed by atoms with Crippen molar-refractivity contribution in [3.05, 3.63) is 74.3 Å². The molecule has 0 radical (unpaired) electrons. The van der Waals surface area contributed by atoms with Gasteiger partial charge in [0.1, 0.15) is 0 Å². The molecule has 0 saturated heterocycles. The normalized spacial score (nSPS) is 11.5. The molecule has 0 aromatic heterocycles. The summed E-state index contributed by atoms with van der Waals surface area (Å²) in [6.07, 6.45) is 0.